The molecule has 6 nitrogen and oxygen atoms in total. The Kier molecular flexibility index (Phi) is 7.74. The van der Waals surface area contributed by atoms with Crippen molar-refractivity contribution in [1.29, 1.82) is 0 Å². The first-order valence-corrected chi connectivity index (χ1v) is 11.9. The van der Waals surface area contributed by atoms with E-state index in [9.17, 15) is 4.79 Å². The summed E-state index contributed by atoms with van der Waals surface area (Å²) < 4.78 is 11.0. The molecule has 0 radical (unpaired) electrons. The molecule has 3 aromatic rings. The van der Waals surface area contributed by atoms with E-state index in [1.165, 1.54) is 5.56 Å². The van der Waals surface area contributed by atoms with Crippen LogP contribution in [0.1, 0.15) is 34.5 Å². The predicted octanol–water partition coefficient (Wildman–Crippen LogP) is 4.37. The van der Waals surface area contributed by atoms with Gasteiger partial charge in [0.25, 0.3) is 5.91 Å². The van der Waals surface area contributed by atoms with Gasteiger partial charge in [0.1, 0.15) is 18.1 Å². The number of ether oxygens (including phenoxy) is 2. The Labute approximate surface area is 193 Å². The highest BCUT2D eigenvalue weighted by Crippen LogP contribution is 2.20. The lowest BCUT2D eigenvalue weighted by atomic mass is 9.96. The van der Waals surface area contributed by atoms with E-state index in [1.54, 1.807) is 30.0 Å². The summed E-state index contributed by atoms with van der Waals surface area (Å²) in [4.78, 5) is 19.3. The fraction of sp³-hybridized carbons (Fsp3) is 0.360. The van der Waals surface area contributed by atoms with E-state index < -0.39 is 0 Å². The number of methoxy groups -OCH3 is 1. The van der Waals surface area contributed by atoms with E-state index in [0.717, 1.165) is 43.9 Å². The van der Waals surface area contributed by atoms with Crippen LogP contribution in [0.2, 0.25) is 0 Å². The summed E-state index contributed by atoms with van der Waals surface area (Å²) in [7, 11) is 1.69. The van der Waals surface area contributed by atoms with Crippen molar-refractivity contribution in [3.05, 3.63) is 76.2 Å². The van der Waals surface area contributed by atoms with Crippen LogP contribution in [0, 0.1) is 5.92 Å². The second-order valence-corrected chi connectivity index (χ2v) is 8.79. The number of piperidine rings is 1. The lowest BCUT2D eigenvalue weighted by Gasteiger charge is -2.32. The molecule has 4 rings (SSSR count). The minimum Gasteiger partial charge on any atom is -0.497 e. The van der Waals surface area contributed by atoms with E-state index in [1.807, 2.05) is 35.7 Å². The maximum Gasteiger partial charge on any atom is 0.251 e. The van der Waals surface area contributed by atoms with Gasteiger partial charge in [0.05, 0.1) is 18.3 Å². The van der Waals surface area contributed by atoms with Crippen molar-refractivity contribution in [1.82, 2.24) is 15.2 Å². The molecular weight excluding hydrogens is 422 g/mol. The van der Waals surface area contributed by atoms with Gasteiger partial charge in [-0.05, 0) is 67.7 Å². The molecule has 1 fully saturated rings. The van der Waals surface area contributed by atoms with Gasteiger partial charge in [0.2, 0.25) is 0 Å². The lowest BCUT2D eigenvalue weighted by molar-refractivity contribution is 0.0934. The number of nitrogens with one attached hydrogen (secondary N) is 1. The molecule has 0 atom stereocenters. The molecule has 0 unspecified atom stereocenters. The van der Waals surface area contributed by atoms with Crippen LogP contribution in [-0.2, 0) is 13.2 Å². The number of nitrogens with zero attached hydrogens (tertiary/aromatic N) is 2. The Hall–Kier alpha value is -2.90. The fourth-order valence-electron chi connectivity index (χ4n) is 3.87. The van der Waals surface area contributed by atoms with Crippen molar-refractivity contribution in [2.24, 2.45) is 5.92 Å². The van der Waals surface area contributed by atoms with Crippen molar-refractivity contribution in [2.75, 3.05) is 26.7 Å². The van der Waals surface area contributed by atoms with Crippen molar-refractivity contribution < 1.29 is 14.3 Å². The fourth-order valence-corrected chi connectivity index (χ4v) is 4.41. The zero-order valence-electron chi connectivity index (χ0n) is 18.3. The van der Waals surface area contributed by atoms with Crippen molar-refractivity contribution in [2.45, 2.75) is 26.0 Å². The number of carbonyl (C=O) groups excluding carboxylic acids is 1. The number of likely N-dealkylation sites (tertiary alicyclic amines) is 1. The summed E-state index contributed by atoms with van der Waals surface area (Å²) in [6, 6.07) is 15.6. The van der Waals surface area contributed by atoms with Gasteiger partial charge in [-0.3, -0.25) is 9.69 Å². The molecular formula is C25H29N3O3S. The molecule has 0 saturated carbocycles. The van der Waals surface area contributed by atoms with Gasteiger partial charge >= 0.3 is 0 Å². The van der Waals surface area contributed by atoms with E-state index in [0.29, 0.717) is 30.4 Å². The average Bonchev–Trinajstić information content (AvgIpc) is 3.37. The van der Waals surface area contributed by atoms with Gasteiger partial charge in [-0.25, -0.2) is 4.98 Å². The lowest BCUT2D eigenvalue weighted by Crippen LogP contribution is -2.38. The molecule has 1 N–H and O–H groups in total. The maximum absolute atomic E-state index is 12.6. The first-order valence-electron chi connectivity index (χ1n) is 10.9. The van der Waals surface area contributed by atoms with Crippen molar-refractivity contribution >= 4 is 17.2 Å². The quantitative estimate of drug-likeness (QED) is 0.523. The molecule has 7 heteroatoms. The van der Waals surface area contributed by atoms with Gasteiger partial charge in [-0.2, -0.15) is 0 Å². The SMILES string of the molecule is COc1ccc(CN2CCC(CNC(=O)c3cccc(OCc4cscn4)c3)CC2)cc1. The number of hydrogen-bond acceptors (Lipinski definition) is 6. The third-order valence-electron chi connectivity index (χ3n) is 5.79. The molecule has 2 aromatic carbocycles. The van der Waals surface area contributed by atoms with Crippen LogP contribution < -0.4 is 14.8 Å². The van der Waals surface area contributed by atoms with Crippen molar-refractivity contribution in [3.8, 4) is 11.5 Å². The third-order valence-corrected chi connectivity index (χ3v) is 6.43. The predicted molar refractivity (Wildman–Crippen MR) is 126 cm³/mol. The zero-order chi connectivity index (χ0) is 22.2. The van der Waals surface area contributed by atoms with Gasteiger partial charge in [0, 0.05) is 24.0 Å². The second-order valence-electron chi connectivity index (χ2n) is 8.07. The summed E-state index contributed by atoms with van der Waals surface area (Å²) in [6.07, 6.45) is 2.18. The second kappa shape index (κ2) is 11.1. The summed E-state index contributed by atoms with van der Waals surface area (Å²) in [5.41, 5.74) is 4.60. The highest BCUT2D eigenvalue weighted by Gasteiger charge is 2.20. The first-order chi connectivity index (χ1) is 15.7. The van der Waals surface area contributed by atoms with E-state index >= 15 is 0 Å². The van der Waals surface area contributed by atoms with Gasteiger partial charge < -0.3 is 14.8 Å². The Bertz CT molecular complexity index is 984. The van der Waals surface area contributed by atoms with E-state index in [2.05, 4.69) is 27.3 Å². The minimum atomic E-state index is -0.0511. The van der Waals surface area contributed by atoms with Gasteiger partial charge in [0.15, 0.2) is 0 Å². The van der Waals surface area contributed by atoms with Crippen LogP contribution in [0.5, 0.6) is 11.5 Å². The summed E-state index contributed by atoms with van der Waals surface area (Å²) in [5, 5.41) is 5.06. The Balaban J connectivity index is 1.19. The van der Waals surface area contributed by atoms with Crippen LogP contribution in [0.25, 0.3) is 0 Å². The first kappa shape index (κ1) is 22.3. The number of aromatic nitrogens is 1. The molecule has 0 bridgehead atoms. The van der Waals surface area contributed by atoms with Crippen LogP contribution in [0.3, 0.4) is 0 Å². The zero-order valence-corrected chi connectivity index (χ0v) is 19.1. The molecule has 0 spiro atoms. The molecule has 0 aliphatic carbocycles. The number of hydrogen-bond donors (Lipinski definition) is 1. The molecule has 1 aliphatic heterocycles. The number of benzene rings is 2. The monoisotopic (exact) mass is 451 g/mol. The smallest absolute Gasteiger partial charge is 0.251 e. The summed E-state index contributed by atoms with van der Waals surface area (Å²) in [5.74, 6) is 2.03. The van der Waals surface area contributed by atoms with Crippen LogP contribution in [0.15, 0.2) is 59.4 Å². The largest absolute Gasteiger partial charge is 0.497 e. The molecule has 1 aromatic heterocycles. The Morgan fingerprint density at radius 1 is 1.16 bits per heavy atom. The number of amides is 1. The third kappa shape index (κ3) is 6.31. The normalized spacial score (nSPS) is 14.8. The summed E-state index contributed by atoms with van der Waals surface area (Å²) >= 11 is 1.54. The van der Waals surface area contributed by atoms with Crippen LogP contribution in [0.4, 0.5) is 0 Å². The highest BCUT2D eigenvalue weighted by atomic mass is 32.1. The molecule has 2 heterocycles. The molecule has 1 saturated heterocycles. The minimum absolute atomic E-state index is 0.0511. The van der Waals surface area contributed by atoms with Crippen molar-refractivity contribution in [3.63, 3.8) is 0 Å². The Morgan fingerprint density at radius 2 is 1.97 bits per heavy atom. The topological polar surface area (TPSA) is 63.7 Å². The number of carbonyl (C=O) groups is 1. The standard InChI is InChI=1S/C25H29N3O3S/c1-30-23-7-5-20(6-8-23)15-28-11-9-19(10-12-28)14-26-25(29)21-3-2-4-24(13-21)31-16-22-17-32-18-27-22/h2-8,13,17-19H,9-12,14-16H2,1H3,(H,26,29). The van der Waals surface area contributed by atoms with Gasteiger partial charge in [-0.15, -0.1) is 11.3 Å². The Morgan fingerprint density at radius 3 is 2.69 bits per heavy atom. The van der Waals surface area contributed by atoms with Crippen LogP contribution in [-0.4, -0.2) is 42.5 Å². The van der Waals surface area contributed by atoms with Gasteiger partial charge in [-0.1, -0.05) is 18.2 Å². The average molecular weight is 452 g/mol. The van der Waals surface area contributed by atoms with E-state index in [4.69, 9.17) is 9.47 Å². The highest BCUT2D eigenvalue weighted by molar-refractivity contribution is 7.07. The van der Waals surface area contributed by atoms with Crippen LogP contribution >= 0.6 is 11.3 Å². The number of rotatable bonds is 9. The molecule has 168 valence electrons. The van der Waals surface area contributed by atoms with E-state index in [-0.39, 0.29) is 5.91 Å². The maximum atomic E-state index is 12.6. The molecule has 32 heavy (non-hydrogen) atoms. The summed E-state index contributed by atoms with van der Waals surface area (Å²) in [6.45, 7) is 4.17. The molecule has 1 amide bonds. The molecule has 1 aliphatic rings. The number of thiazole rings is 1.